The van der Waals surface area contributed by atoms with Crippen LogP contribution in [-0.2, 0) is 6.42 Å². The first-order valence-corrected chi connectivity index (χ1v) is 11.2. The molecule has 1 aromatic rings. The molecule has 1 nitrogen and oxygen atoms in total. The Morgan fingerprint density at radius 1 is 0.963 bits per heavy atom. The van der Waals surface area contributed by atoms with Crippen LogP contribution in [0.5, 0.6) is 5.75 Å². The number of ether oxygens (including phenoxy) is 1. The second kappa shape index (κ2) is 10.3. The van der Waals surface area contributed by atoms with E-state index in [0.717, 1.165) is 36.2 Å². The van der Waals surface area contributed by atoms with Crippen LogP contribution in [0.2, 0.25) is 0 Å². The van der Waals surface area contributed by atoms with Crippen molar-refractivity contribution in [3.8, 4) is 5.75 Å². The molecule has 1 atom stereocenters. The predicted octanol–water partition coefficient (Wildman–Crippen LogP) is 7.49. The van der Waals surface area contributed by atoms with Crippen LogP contribution < -0.4 is 4.74 Å². The molecule has 0 radical (unpaired) electrons. The number of benzene rings is 1. The molecule has 0 N–H and O–H groups in total. The van der Waals surface area contributed by atoms with Gasteiger partial charge in [0.1, 0.15) is 0 Å². The lowest BCUT2D eigenvalue weighted by Crippen LogP contribution is -2.15. The minimum Gasteiger partial charge on any atom is -0.494 e. The Hall–Kier alpha value is -1.31. The summed E-state index contributed by atoms with van der Waals surface area (Å²) in [5.41, 5.74) is 2.64. The highest BCUT2D eigenvalue weighted by Crippen LogP contribution is 2.36. The Morgan fingerprint density at radius 3 is 2.33 bits per heavy atom. The van der Waals surface area contributed by atoms with Gasteiger partial charge in [-0.3, -0.25) is 0 Å². The zero-order valence-electron chi connectivity index (χ0n) is 17.3. The summed E-state index contributed by atoms with van der Waals surface area (Å²) in [7, 11) is 1.51. The summed E-state index contributed by atoms with van der Waals surface area (Å²) < 4.78 is 18.8. The Morgan fingerprint density at radius 2 is 1.70 bits per heavy atom. The number of allylic oxidation sites excluding steroid dienone is 2. The number of hydrogen-bond acceptors (Lipinski definition) is 1. The summed E-state index contributed by atoms with van der Waals surface area (Å²) in [6.45, 7) is 2.35. The van der Waals surface area contributed by atoms with E-state index in [4.69, 9.17) is 4.74 Å². The smallest absolute Gasteiger partial charge is 0.165 e. The van der Waals surface area contributed by atoms with Crippen LogP contribution in [0.1, 0.15) is 83.1 Å². The molecular weight excluding hydrogens is 335 g/mol. The Balaban J connectivity index is 1.36. The minimum absolute atomic E-state index is 0.249. The van der Waals surface area contributed by atoms with E-state index >= 15 is 0 Å². The fourth-order valence-corrected chi connectivity index (χ4v) is 5.00. The van der Waals surface area contributed by atoms with Crippen molar-refractivity contribution in [3.63, 3.8) is 0 Å². The SMILES string of the molecule is CCC1CCC(CCC2CC=C(CCc3ccc(OC)c(F)c3)CC2)CC1. The molecule has 1 saturated carbocycles. The molecule has 0 heterocycles. The number of hydrogen-bond donors (Lipinski definition) is 0. The fourth-order valence-electron chi connectivity index (χ4n) is 5.00. The Labute approximate surface area is 165 Å². The average molecular weight is 373 g/mol. The van der Waals surface area contributed by atoms with Crippen LogP contribution in [0.25, 0.3) is 0 Å². The van der Waals surface area contributed by atoms with E-state index in [9.17, 15) is 4.39 Å². The van der Waals surface area contributed by atoms with Crippen molar-refractivity contribution in [2.75, 3.05) is 7.11 Å². The van der Waals surface area contributed by atoms with Crippen molar-refractivity contribution in [1.29, 1.82) is 0 Å². The molecule has 27 heavy (non-hydrogen) atoms. The van der Waals surface area contributed by atoms with Crippen molar-refractivity contribution in [2.24, 2.45) is 17.8 Å². The first kappa shape index (κ1) is 20.4. The molecule has 1 aromatic carbocycles. The molecule has 0 bridgehead atoms. The predicted molar refractivity (Wildman–Crippen MR) is 112 cm³/mol. The normalized spacial score (nSPS) is 25.9. The van der Waals surface area contributed by atoms with E-state index in [-0.39, 0.29) is 5.82 Å². The van der Waals surface area contributed by atoms with Crippen molar-refractivity contribution in [2.45, 2.75) is 84.0 Å². The van der Waals surface area contributed by atoms with Gasteiger partial charge in [0.2, 0.25) is 0 Å². The number of halogens is 1. The summed E-state index contributed by atoms with van der Waals surface area (Å²) in [6, 6.07) is 5.35. The zero-order chi connectivity index (χ0) is 19.1. The third kappa shape index (κ3) is 6.09. The van der Waals surface area contributed by atoms with Gasteiger partial charge >= 0.3 is 0 Å². The van der Waals surface area contributed by atoms with Gasteiger partial charge in [-0.2, -0.15) is 0 Å². The van der Waals surface area contributed by atoms with Gasteiger partial charge in [0, 0.05) is 0 Å². The molecule has 0 aliphatic heterocycles. The van der Waals surface area contributed by atoms with Gasteiger partial charge in [-0.15, -0.1) is 0 Å². The molecule has 2 aliphatic carbocycles. The Bertz CT molecular complexity index is 613. The number of rotatable bonds is 8. The highest BCUT2D eigenvalue weighted by molar-refractivity contribution is 5.29. The quantitative estimate of drug-likeness (QED) is 0.429. The van der Waals surface area contributed by atoms with Gasteiger partial charge in [0.05, 0.1) is 7.11 Å². The molecule has 0 amide bonds. The first-order chi connectivity index (χ1) is 13.2. The maximum Gasteiger partial charge on any atom is 0.165 e. The van der Waals surface area contributed by atoms with Crippen molar-refractivity contribution < 1.29 is 9.13 Å². The maximum absolute atomic E-state index is 13.8. The van der Waals surface area contributed by atoms with E-state index in [1.54, 1.807) is 17.7 Å². The van der Waals surface area contributed by atoms with Crippen molar-refractivity contribution in [1.82, 2.24) is 0 Å². The zero-order valence-corrected chi connectivity index (χ0v) is 17.3. The highest BCUT2D eigenvalue weighted by Gasteiger charge is 2.22. The molecule has 1 unspecified atom stereocenters. The summed E-state index contributed by atoms with van der Waals surface area (Å²) in [5.74, 6) is 3.00. The lowest BCUT2D eigenvalue weighted by atomic mass is 9.76. The molecule has 0 aromatic heterocycles. The van der Waals surface area contributed by atoms with Gasteiger partial charge in [-0.25, -0.2) is 4.39 Å². The van der Waals surface area contributed by atoms with Crippen LogP contribution in [0.15, 0.2) is 29.8 Å². The van der Waals surface area contributed by atoms with Gasteiger partial charge in [0.25, 0.3) is 0 Å². The molecule has 150 valence electrons. The van der Waals surface area contributed by atoms with E-state index in [0.29, 0.717) is 5.75 Å². The van der Waals surface area contributed by atoms with Crippen LogP contribution in [0.4, 0.5) is 4.39 Å². The van der Waals surface area contributed by atoms with Crippen LogP contribution >= 0.6 is 0 Å². The molecular formula is C25H37FO. The van der Waals surface area contributed by atoms with E-state index < -0.39 is 0 Å². The van der Waals surface area contributed by atoms with Gasteiger partial charge < -0.3 is 4.74 Å². The van der Waals surface area contributed by atoms with Crippen molar-refractivity contribution >= 4 is 0 Å². The lowest BCUT2D eigenvalue weighted by molar-refractivity contribution is 0.241. The monoisotopic (exact) mass is 372 g/mol. The second-order valence-electron chi connectivity index (χ2n) is 8.84. The van der Waals surface area contributed by atoms with Gasteiger partial charge in [-0.05, 0) is 74.0 Å². The van der Waals surface area contributed by atoms with Gasteiger partial charge in [-0.1, -0.05) is 63.2 Å². The van der Waals surface area contributed by atoms with Crippen LogP contribution in [0.3, 0.4) is 0 Å². The van der Waals surface area contributed by atoms with Crippen LogP contribution in [-0.4, -0.2) is 7.11 Å². The van der Waals surface area contributed by atoms with E-state index in [1.165, 1.54) is 71.3 Å². The largest absolute Gasteiger partial charge is 0.494 e. The third-order valence-electron chi connectivity index (χ3n) is 7.09. The highest BCUT2D eigenvalue weighted by atomic mass is 19.1. The third-order valence-corrected chi connectivity index (χ3v) is 7.09. The van der Waals surface area contributed by atoms with Gasteiger partial charge in [0.15, 0.2) is 11.6 Å². The van der Waals surface area contributed by atoms with E-state index in [1.807, 2.05) is 6.07 Å². The summed E-state index contributed by atoms with van der Waals surface area (Å²) in [4.78, 5) is 0. The molecule has 0 saturated heterocycles. The summed E-state index contributed by atoms with van der Waals surface area (Å²) >= 11 is 0. The molecule has 2 aliphatic rings. The van der Waals surface area contributed by atoms with Crippen molar-refractivity contribution in [3.05, 3.63) is 41.2 Å². The lowest BCUT2D eigenvalue weighted by Gasteiger charge is -2.29. The summed E-state index contributed by atoms with van der Waals surface area (Å²) in [5, 5.41) is 0. The first-order valence-electron chi connectivity index (χ1n) is 11.2. The molecule has 1 fully saturated rings. The molecule has 2 heteroatoms. The number of methoxy groups -OCH3 is 1. The number of aryl methyl sites for hydroxylation is 1. The minimum atomic E-state index is -0.249. The molecule has 0 spiro atoms. The fraction of sp³-hybridized carbons (Fsp3) is 0.680. The second-order valence-corrected chi connectivity index (χ2v) is 8.84. The standard InChI is InChI=1S/C25H37FO/c1-3-19-4-6-20(7-5-19)8-9-21-10-12-22(13-11-21)14-15-23-16-17-25(27-2)24(26)18-23/h12,16-21H,3-11,13-15H2,1-2H3. The molecule has 3 rings (SSSR count). The summed E-state index contributed by atoms with van der Waals surface area (Å²) in [6.07, 6.45) is 18.5. The Kier molecular flexibility index (Phi) is 7.79. The topological polar surface area (TPSA) is 9.23 Å². The van der Waals surface area contributed by atoms with E-state index in [2.05, 4.69) is 13.0 Å². The van der Waals surface area contributed by atoms with Crippen LogP contribution in [0, 0.1) is 23.6 Å². The average Bonchev–Trinajstić information content (AvgIpc) is 2.72. The maximum atomic E-state index is 13.8.